The molecular formula is C21H22N6. The van der Waals surface area contributed by atoms with Gasteiger partial charge in [0.25, 0.3) is 0 Å². The van der Waals surface area contributed by atoms with Crippen LogP contribution in [0.15, 0.2) is 30.3 Å². The Hall–Kier alpha value is -3.41. The Morgan fingerprint density at radius 2 is 1.70 bits per heavy atom. The lowest BCUT2D eigenvalue weighted by molar-refractivity contribution is 0.689. The number of nitrogen functional groups attached to an aromatic ring is 3. The van der Waals surface area contributed by atoms with Gasteiger partial charge in [-0.1, -0.05) is 6.07 Å². The molecule has 0 atom stereocenters. The summed E-state index contributed by atoms with van der Waals surface area (Å²) in [5, 5.41) is 16.5. The van der Waals surface area contributed by atoms with E-state index in [1.54, 1.807) is 6.07 Å². The van der Waals surface area contributed by atoms with Gasteiger partial charge >= 0.3 is 0 Å². The van der Waals surface area contributed by atoms with Gasteiger partial charge in [-0.15, -0.1) is 0 Å². The molecule has 8 N–H and O–H groups in total. The molecule has 4 rings (SSSR count). The van der Waals surface area contributed by atoms with Crippen molar-refractivity contribution in [3.05, 3.63) is 52.6 Å². The SMILES string of the molecule is N=Cc1cc(-c2nc3ccc(N)c(C(=N)N)c3c3c2CCCC3)ccc1N. The number of pyridine rings is 1. The Morgan fingerprint density at radius 1 is 1.00 bits per heavy atom. The Kier molecular flexibility index (Phi) is 4.03. The second-order valence-corrected chi connectivity index (χ2v) is 6.95. The summed E-state index contributed by atoms with van der Waals surface area (Å²) in [7, 11) is 0. The first kappa shape index (κ1) is 17.0. The predicted octanol–water partition coefficient (Wildman–Crippen LogP) is 3.23. The summed E-state index contributed by atoms with van der Waals surface area (Å²) in [4.78, 5) is 4.92. The van der Waals surface area contributed by atoms with E-state index in [0.29, 0.717) is 22.5 Å². The minimum absolute atomic E-state index is 0.0287. The number of amidine groups is 1. The number of fused-ring (bicyclic) bond motifs is 3. The van der Waals surface area contributed by atoms with Crippen LogP contribution in [0.3, 0.4) is 0 Å². The van der Waals surface area contributed by atoms with E-state index in [2.05, 4.69) is 0 Å². The Balaban J connectivity index is 2.08. The maximum absolute atomic E-state index is 8.00. The van der Waals surface area contributed by atoms with Crippen molar-refractivity contribution < 1.29 is 0 Å². The number of aryl methyl sites for hydroxylation is 1. The van der Waals surface area contributed by atoms with Gasteiger partial charge in [-0.05, 0) is 61.1 Å². The van der Waals surface area contributed by atoms with Crippen molar-refractivity contribution in [3.63, 3.8) is 0 Å². The lowest BCUT2D eigenvalue weighted by Crippen LogP contribution is -2.17. The zero-order chi connectivity index (χ0) is 19.1. The fourth-order valence-electron chi connectivity index (χ4n) is 4.01. The molecule has 27 heavy (non-hydrogen) atoms. The number of anilines is 2. The number of benzene rings is 2. The van der Waals surface area contributed by atoms with Crippen molar-refractivity contribution in [2.45, 2.75) is 25.7 Å². The van der Waals surface area contributed by atoms with Crippen LogP contribution in [0.4, 0.5) is 11.4 Å². The average Bonchev–Trinajstić information content (AvgIpc) is 2.67. The minimum atomic E-state index is -0.0287. The molecule has 0 saturated carbocycles. The van der Waals surface area contributed by atoms with Crippen LogP contribution in [0, 0.1) is 10.8 Å². The van der Waals surface area contributed by atoms with Gasteiger partial charge in [0, 0.05) is 39.7 Å². The van der Waals surface area contributed by atoms with Gasteiger partial charge in [0.2, 0.25) is 0 Å². The Morgan fingerprint density at radius 3 is 2.41 bits per heavy atom. The van der Waals surface area contributed by atoms with Gasteiger partial charge in [-0.3, -0.25) is 5.41 Å². The molecule has 6 heteroatoms. The first-order chi connectivity index (χ1) is 13.0. The molecule has 0 unspecified atom stereocenters. The van der Waals surface area contributed by atoms with Gasteiger partial charge < -0.3 is 22.6 Å². The maximum Gasteiger partial charge on any atom is 0.125 e. The standard InChI is InChI=1S/C21H22N6/c22-10-12-9-11(5-6-15(12)23)20-14-4-2-1-3-13(14)18-17(27-20)8-7-16(24)19(18)21(25)26/h5-10,22H,1-4,23-24H2,(H3,25,26). The molecule has 0 amide bonds. The number of hydrogen-bond acceptors (Lipinski definition) is 5. The fourth-order valence-corrected chi connectivity index (χ4v) is 4.01. The summed E-state index contributed by atoms with van der Waals surface area (Å²) in [6, 6.07) is 9.34. The zero-order valence-corrected chi connectivity index (χ0v) is 15.0. The molecule has 0 fully saturated rings. The van der Waals surface area contributed by atoms with Gasteiger partial charge in [-0.2, -0.15) is 0 Å². The first-order valence-electron chi connectivity index (χ1n) is 9.00. The highest BCUT2D eigenvalue weighted by molar-refractivity contribution is 6.12. The van der Waals surface area contributed by atoms with Crippen LogP contribution in [0.25, 0.3) is 22.2 Å². The van der Waals surface area contributed by atoms with Crippen molar-refractivity contribution >= 4 is 34.3 Å². The summed E-state index contributed by atoms with van der Waals surface area (Å²) >= 11 is 0. The number of nitrogens with zero attached hydrogens (tertiary/aromatic N) is 1. The molecular weight excluding hydrogens is 336 g/mol. The quantitative estimate of drug-likeness (QED) is 0.279. The summed E-state index contributed by atoms with van der Waals surface area (Å²) < 4.78 is 0. The van der Waals surface area contributed by atoms with Crippen molar-refractivity contribution in [2.75, 3.05) is 11.5 Å². The second-order valence-electron chi connectivity index (χ2n) is 6.95. The molecule has 6 nitrogen and oxygen atoms in total. The normalized spacial score (nSPS) is 13.3. The van der Waals surface area contributed by atoms with E-state index in [4.69, 9.17) is 33.0 Å². The molecule has 0 spiro atoms. The highest BCUT2D eigenvalue weighted by Gasteiger charge is 2.23. The number of rotatable bonds is 3. The summed E-state index contributed by atoms with van der Waals surface area (Å²) in [5.41, 5.74) is 25.3. The van der Waals surface area contributed by atoms with E-state index in [0.717, 1.165) is 47.8 Å². The molecule has 1 aliphatic carbocycles. The monoisotopic (exact) mass is 358 g/mol. The van der Waals surface area contributed by atoms with E-state index in [1.165, 1.54) is 17.3 Å². The molecule has 0 radical (unpaired) electrons. The lowest BCUT2D eigenvalue weighted by atomic mass is 9.84. The van der Waals surface area contributed by atoms with Crippen LogP contribution in [-0.4, -0.2) is 17.0 Å². The lowest BCUT2D eigenvalue weighted by Gasteiger charge is -2.23. The fraction of sp³-hybridized carbons (Fsp3) is 0.190. The maximum atomic E-state index is 8.00. The topological polar surface area (TPSA) is 139 Å². The Labute approximate surface area is 157 Å². The van der Waals surface area contributed by atoms with Gasteiger partial charge in [0.15, 0.2) is 0 Å². The van der Waals surface area contributed by atoms with E-state index in [1.807, 2.05) is 24.3 Å². The average molecular weight is 358 g/mol. The third-order valence-electron chi connectivity index (χ3n) is 5.29. The van der Waals surface area contributed by atoms with Crippen LogP contribution >= 0.6 is 0 Å². The van der Waals surface area contributed by atoms with E-state index < -0.39 is 0 Å². The van der Waals surface area contributed by atoms with Crippen molar-refractivity contribution in [1.29, 1.82) is 10.8 Å². The van der Waals surface area contributed by atoms with E-state index in [9.17, 15) is 0 Å². The molecule has 1 heterocycles. The van der Waals surface area contributed by atoms with E-state index >= 15 is 0 Å². The zero-order valence-electron chi connectivity index (χ0n) is 15.0. The molecule has 0 saturated heterocycles. The molecule has 0 bridgehead atoms. The molecule has 3 aromatic rings. The highest BCUT2D eigenvalue weighted by Crippen LogP contribution is 2.38. The predicted molar refractivity (Wildman–Crippen MR) is 112 cm³/mol. The molecule has 2 aromatic carbocycles. The van der Waals surface area contributed by atoms with Crippen LogP contribution in [0.5, 0.6) is 0 Å². The number of nitrogens with two attached hydrogens (primary N) is 3. The van der Waals surface area contributed by atoms with Crippen molar-refractivity contribution in [1.82, 2.24) is 4.98 Å². The third-order valence-corrected chi connectivity index (χ3v) is 5.29. The smallest absolute Gasteiger partial charge is 0.125 e. The second kappa shape index (κ2) is 6.39. The highest BCUT2D eigenvalue weighted by atomic mass is 14.8. The first-order valence-corrected chi connectivity index (χ1v) is 9.00. The van der Waals surface area contributed by atoms with Crippen molar-refractivity contribution in [3.8, 4) is 11.3 Å². The van der Waals surface area contributed by atoms with Gasteiger partial charge in [-0.25, -0.2) is 4.98 Å². The van der Waals surface area contributed by atoms with Crippen LogP contribution in [0.1, 0.15) is 35.1 Å². The Bertz CT molecular complexity index is 1100. The number of aromatic nitrogens is 1. The van der Waals surface area contributed by atoms with Crippen LogP contribution < -0.4 is 17.2 Å². The molecule has 136 valence electrons. The van der Waals surface area contributed by atoms with Crippen LogP contribution in [-0.2, 0) is 12.8 Å². The van der Waals surface area contributed by atoms with Gasteiger partial charge in [0.1, 0.15) is 5.84 Å². The van der Waals surface area contributed by atoms with Gasteiger partial charge in [0.05, 0.1) is 11.2 Å². The summed E-state index contributed by atoms with van der Waals surface area (Å²) in [6.45, 7) is 0. The minimum Gasteiger partial charge on any atom is -0.398 e. The molecule has 1 aliphatic rings. The van der Waals surface area contributed by atoms with Crippen LogP contribution in [0.2, 0.25) is 0 Å². The molecule has 0 aliphatic heterocycles. The number of hydrogen-bond donors (Lipinski definition) is 5. The van der Waals surface area contributed by atoms with Crippen molar-refractivity contribution in [2.24, 2.45) is 5.73 Å². The summed E-state index contributed by atoms with van der Waals surface area (Å²) in [6.07, 6.45) is 5.28. The summed E-state index contributed by atoms with van der Waals surface area (Å²) in [5.74, 6) is -0.0287. The van der Waals surface area contributed by atoms with E-state index in [-0.39, 0.29) is 5.84 Å². The largest absolute Gasteiger partial charge is 0.398 e. The molecule has 1 aromatic heterocycles. The third kappa shape index (κ3) is 2.70. The number of nitrogens with one attached hydrogen (secondary N) is 2.